The molecule has 0 spiro atoms. The third-order valence-electron chi connectivity index (χ3n) is 1.87. The van der Waals surface area contributed by atoms with Crippen molar-refractivity contribution in [3.63, 3.8) is 0 Å². The summed E-state index contributed by atoms with van der Waals surface area (Å²) in [5, 5.41) is 8.61. The van der Waals surface area contributed by atoms with Gasteiger partial charge in [-0.3, -0.25) is 0 Å². The Bertz CT molecular complexity index is 160. The summed E-state index contributed by atoms with van der Waals surface area (Å²) in [4.78, 5) is 0. The Labute approximate surface area is 133 Å². The van der Waals surface area contributed by atoms with Gasteiger partial charge in [-0.05, 0) is 0 Å². The fourth-order valence-electron chi connectivity index (χ4n) is 1.05. The van der Waals surface area contributed by atoms with Crippen LogP contribution in [-0.4, -0.2) is 53.2 Å². The number of nitrogens with one attached hydrogen (secondary N) is 2. The molecule has 0 aromatic heterocycles. The second-order valence-corrected chi connectivity index (χ2v) is 4.56. The van der Waals surface area contributed by atoms with Crippen LogP contribution >= 0.6 is 0 Å². The third kappa shape index (κ3) is 42.8. The van der Waals surface area contributed by atoms with Crippen molar-refractivity contribution in [3.8, 4) is 0 Å². The van der Waals surface area contributed by atoms with E-state index in [2.05, 4.69) is 10.6 Å². The first kappa shape index (κ1) is 25.4. The topological polar surface area (TPSA) is 160 Å². The van der Waals surface area contributed by atoms with Gasteiger partial charge in [0.1, 0.15) is 0 Å². The predicted octanol–water partition coefficient (Wildman–Crippen LogP) is 0.536. The molecule has 0 aliphatic rings. The van der Waals surface area contributed by atoms with Gasteiger partial charge in [0.25, 0.3) is 0 Å². The number of nitrogens with zero attached hydrogens (tertiary/aromatic N) is 2. The van der Waals surface area contributed by atoms with Crippen LogP contribution in [0.25, 0.3) is 22.1 Å². The summed E-state index contributed by atoms with van der Waals surface area (Å²) < 4.78 is 30.2. The van der Waals surface area contributed by atoms with Gasteiger partial charge in [-0.25, -0.2) is 0 Å². The molecule has 10 heteroatoms. The molecule has 0 aliphatic carbocycles. The van der Waals surface area contributed by atoms with Crippen molar-refractivity contribution in [1.82, 2.24) is 0 Å². The molecule has 0 heterocycles. The van der Waals surface area contributed by atoms with Gasteiger partial charge in [-0.1, -0.05) is 25.7 Å². The minimum absolute atomic E-state index is 0. The first-order valence-corrected chi connectivity index (χ1v) is 7.46. The van der Waals surface area contributed by atoms with E-state index in [1.54, 1.807) is 0 Å². The van der Waals surface area contributed by atoms with Gasteiger partial charge < -0.3 is 22.1 Å². The number of hydrogen-bond acceptors (Lipinski definition) is 4. The van der Waals surface area contributed by atoms with Crippen molar-refractivity contribution in [3.05, 3.63) is 22.1 Å². The number of halogens is 1. The van der Waals surface area contributed by atoms with Crippen LogP contribution in [0.3, 0.4) is 0 Å². The van der Waals surface area contributed by atoms with Crippen LogP contribution in [0, 0.1) is 10.2 Å². The molecule has 0 saturated carbocycles. The molecule has 0 aromatic rings. The number of unbranched alkanes of at least 4 members (excludes halogenated alkanes) is 1. The van der Waals surface area contributed by atoms with E-state index < -0.39 is 10.2 Å². The van der Waals surface area contributed by atoms with Crippen LogP contribution in [0.15, 0.2) is 0 Å². The quantitative estimate of drug-likeness (QED) is 0.360. The SMILES string of the molecule is [Cu+2].[NH-]CCC[N-]CCCC[N-]CCC[NH-].[O-][Cl+](O)(O)O. The maximum absolute atomic E-state index is 8.83. The summed E-state index contributed by atoms with van der Waals surface area (Å²) in [5.41, 5.74) is 13.8. The predicted molar refractivity (Wildman–Crippen MR) is 69.7 cm³/mol. The van der Waals surface area contributed by atoms with Gasteiger partial charge in [0.05, 0.1) is 0 Å². The fourth-order valence-corrected chi connectivity index (χ4v) is 1.05. The molecule has 0 unspecified atom stereocenters. The Kier molecular flexibility index (Phi) is 24.8. The van der Waals surface area contributed by atoms with E-state index >= 15 is 0 Å². The van der Waals surface area contributed by atoms with Crippen molar-refractivity contribution >= 4 is 0 Å². The molecule has 5 N–H and O–H groups in total. The van der Waals surface area contributed by atoms with E-state index in [-0.39, 0.29) is 17.1 Å². The third-order valence-corrected chi connectivity index (χ3v) is 1.87. The molecule has 0 bridgehead atoms. The van der Waals surface area contributed by atoms with E-state index in [1.807, 2.05) is 0 Å². The molecule has 0 saturated heterocycles. The zero-order valence-electron chi connectivity index (χ0n) is 11.4. The first-order chi connectivity index (χ1) is 8.91. The van der Waals surface area contributed by atoms with Gasteiger partial charge in [0.15, 0.2) is 0 Å². The number of rotatable bonds is 11. The van der Waals surface area contributed by atoms with Crippen molar-refractivity contribution in [2.45, 2.75) is 25.7 Å². The summed E-state index contributed by atoms with van der Waals surface area (Å²) >= 11 is 0. The number of hydrogen-bond donors (Lipinski definition) is 3. The normalized spacial score (nSPS) is 11.3. The molecule has 20 heavy (non-hydrogen) atoms. The van der Waals surface area contributed by atoms with Crippen molar-refractivity contribution in [1.29, 1.82) is 0 Å². The molecule has 0 fully saturated rings. The standard InChI is InChI=1S/C10H22N4.ClH3O4.Cu/c11-5-3-9-13-7-1-2-8-14-10-4-6-12;2-1(3,4)5;/h11-12H,1-10H2;2-4H;/q-4;;+2. The Morgan fingerprint density at radius 3 is 1.25 bits per heavy atom. The molecule has 1 radical (unpaired) electrons. The van der Waals surface area contributed by atoms with Gasteiger partial charge in [0.2, 0.25) is 0 Å². The van der Waals surface area contributed by atoms with Crippen LogP contribution in [0.2, 0.25) is 0 Å². The molecule has 0 aromatic carbocycles. The summed E-state index contributed by atoms with van der Waals surface area (Å²) in [6.45, 7) is 4.53. The first-order valence-electron chi connectivity index (χ1n) is 6.13. The average Bonchev–Trinajstić information content (AvgIpc) is 2.29. The Morgan fingerprint density at radius 1 is 0.750 bits per heavy atom. The van der Waals surface area contributed by atoms with Crippen LogP contribution in [0.1, 0.15) is 25.7 Å². The van der Waals surface area contributed by atoms with Gasteiger partial charge >= 0.3 is 45.9 Å². The van der Waals surface area contributed by atoms with Crippen LogP contribution in [0.4, 0.5) is 0 Å². The Balaban J connectivity index is -0.000000414. The van der Waals surface area contributed by atoms with Crippen LogP contribution < -0.4 is 4.66 Å². The zero-order valence-corrected chi connectivity index (χ0v) is 13.1. The fraction of sp³-hybridized carbons (Fsp3) is 1.00. The van der Waals surface area contributed by atoms with Crippen LogP contribution in [-0.2, 0) is 17.1 Å². The monoisotopic (exact) mass is 363 g/mol. The summed E-state index contributed by atoms with van der Waals surface area (Å²) in [5.74, 6) is 0. The Hall–Kier alpha value is 0.489. The molecule has 0 aliphatic heterocycles. The van der Waals surface area contributed by atoms with Crippen molar-refractivity contribution in [2.75, 3.05) is 39.3 Å². The second kappa shape index (κ2) is 19.5. The maximum atomic E-state index is 8.83. The molecule has 0 atom stereocenters. The van der Waals surface area contributed by atoms with Crippen LogP contribution in [0.5, 0.6) is 0 Å². The van der Waals surface area contributed by atoms with E-state index in [0.717, 1.165) is 51.9 Å². The van der Waals surface area contributed by atoms with E-state index in [1.165, 1.54) is 0 Å². The van der Waals surface area contributed by atoms with E-state index in [4.69, 9.17) is 30.1 Å². The minimum atomic E-state index is -4.19. The summed E-state index contributed by atoms with van der Waals surface area (Å²) in [6, 6.07) is 0. The average molecular weight is 364 g/mol. The zero-order chi connectivity index (χ0) is 15.0. The molecule has 129 valence electrons. The van der Waals surface area contributed by atoms with E-state index in [0.29, 0.717) is 13.1 Å². The second-order valence-electron chi connectivity index (χ2n) is 3.69. The van der Waals surface area contributed by atoms with Gasteiger partial charge in [-0.15, -0.1) is 13.1 Å². The van der Waals surface area contributed by atoms with Gasteiger partial charge in [0, 0.05) is 0 Å². The molecular weight excluding hydrogens is 339 g/mol. The summed E-state index contributed by atoms with van der Waals surface area (Å²) in [6.07, 6.45) is 4.02. The van der Waals surface area contributed by atoms with E-state index in [9.17, 15) is 0 Å². The Morgan fingerprint density at radius 2 is 1.00 bits per heavy atom. The molecule has 0 rings (SSSR count). The van der Waals surface area contributed by atoms with Crippen molar-refractivity contribution < 1.29 is 45.9 Å². The van der Waals surface area contributed by atoms with Crippen molar-refractivity contribution in [2.24, 2.45) is 0 Å². The summed E-state index contributed by atoms with van der Waals surface area (Å²) in [7, 11) is -4.19. The molecule has 0 amide bonds. The molecular formula is C10H25ClCuN4O4-2. The van der Waals surface area contributed by atoms with Gasteiger partial charge in [-0.2, -0.15) is 26.2 Å². The molecule has 8 nitrogen and oxygen atoms in total.